The minimum atomic E-state index is 0.318. The van der Waals surface area contributed by atoms with Crippen LogP contribution in [0.1, 0.15) is 51.0 Å². The molecular weight excluding hydrogens is 270 g/mol. The Kier molecular flexibility index (Phi) is 5.10. The summed E-state index contributed by atoms with van der Waals surface area (Å²) in [6.45, 7) is 5.21. The number of hydrogen-bond acceptors (Lipinski definition) is 6. The van der Waals surface area contributed by atoms with Gasteiger partial charge in [0.2, 0.25) is 0 Å². The van der Waals surface area contributed by atoms with Gasteiger partial charge in [-0.05, 0) is 25.0 Å². The highest BCUT2D eigenvalue weighted by Crippen LogP contribution is 2.40. The van der Waals surface area contributed by atoms with Crippen molar-refractivity contribution in [1.82, 2.24) is 9.97 Å². The minimum absolute atomic E-state index is 0.318. The molecule has 1 aliphatic carbocycles. The third-order valence-electron chi connectivity index (χ3n) is 4.12. The van der Waals surface area contributed by atoms with Gasteiger partial charge in [0.15, 0.2) is 0 Å². The molecule has 0 amide bonds. The number of nitrogens with two attached hydrogens (primary N) is 1. The fourth-order valence-corrected chi connectivity index (χ4v) is 3.83. The molecule has 2 rings (SSSR count). The fraction of sp³-hybridized carbons (Fsp3) is 0.714. The number of thioether (sulfide) groups is 1. The number of hydrogen-bond donors (Lipinski definition) is 3. The number of aromatic nitrogens is 2. The van der Waals surface area contributed by atoms with E-state index in [1.54, 1.807) is 6.33 Å². The summed E-state index contributed by atoms with van der Waals surface area (Å²) in [5.74, 6) is 7.49. The molecule has 5 nitrogen and oxygen atoms in total. The molecule has 4 N–H and O–H groups in total. The molecule has 0 radical (unpaired) electrons. The first kappa shape index (κ1) is 15.4. The Balaban J connectivity index is 2.16. The van der Waals surface area contributed by atoms with Crippen molar-refractivity contribution in [3.05, 3.63) is 11.9 Å². The van der Waals surface area contributed by atoms with Gasteiger partial charge >= 0.3 is 0 Å². The van der Waals surface area contributed by atoms with Gasteiger partial charge in [0.25, 0.3) is 0 Å². The number of nitrogens with zero attached hydrogens (tertiary/aromatic N) is 2. The number of nitrogen functional groups attached to an aromatic ring is 1. The lowest BCUT2D eigenvalue weighted by atomic mass is 10.0. The van der Waals surface area contributed by atoms with Crippen LogP contribution < -0.4 is 16.6 Å². The lowest BCUT2D eigenvalue weighted by Gasteiger charge is -2.28. The smallest absolute Gasteiger partial charge is 0.148 e. The molecule has 1 fully saturated rings. The average molecular weight is 295 g/mol. The van der Waals surface area contributed by atoms with Crippen molar-refractivity contribution in [2.24, 2.45) is 5.84 Å². The van der Waals surface area contributed by atoms with Crippen molar-refractivity contribution in [2.75, 3.05) is 23.5 Å². The van der Waals surface area contributed by atoms with Gasteiger partial charge in [-0.15, -0.1) is 0 Å². The number of anilines is 2. The molecule has 1 aliphatic rings. The van der Waals surface area contributed by atoms with Gasteiger partial charge in [-0.3, -0.25) is 0 Å². The monoisotopic (exact) mass is 295 g/mol. The van der Waals surface area contributed by atoms with Crippen LogP contribution in [0.5, 0.6) is 0 Å². The first-order valence-electron chi connectivity index (χ1n) is 7.22. The van der Waals surface area contributed by atoms with Gasteiger partial charge < -0.3 is 10.7 Å². The summed E-state index contributed by atoms with van der Waals surface area (Å²) in [4.78, 5) is 8.61. The first-order chi connectivity index (χ1) is 9.62. The Morgan fingerprint density at radius 2 is 1.95 bits per heavy atom. The predicted octanol–water partition coefficient (Wildman–Crippen LogP) is 2.97. The quantitative estimate of drug-likeness (QED) is 0.553. The summed E-state index contributed by atoms with van der Waals surface area (Å²) in [5, 5.41) is 3.54. The van der Waals surface area contributed by atoms with Crippen molar-refractivity contribution >= 4 is 23.4 Å². The molecule has 20 heavy (non-hydrogen) atoms. The van der Waals surface area contributed by atoms with Gasteiger partial charge in [0, 0.05) is 16.9 Å². The fourth-order valence-electron chi connectivity index (χ4n) is 2.92. The van der Waals surface area contributed by atoms with E-state index in [0.717, 1.165) is 17.9 Å². The van der Waals surface area contributed by atoms with E-state index in [1.807, 2.05) is 11.8 Å². The molecule has 0 unspecified atom stereocenters. The van der Waals surface area contributed by atoms with Crippen LogP contribution in [-0.2, 0) is 0 Å². The maximum atomic E-state index is 5.56. The highest BCUT2D eigenvalue weighted by molar-refractivity contribution is 8.00. The number of hydrazine groups is 1. The van der Waals surface area contributed by atoms with Gasteiger partial charge in [-0.2, -0.15) is 11.8 Å². The zero-order chi connectivity index (χ0) is 14.6. The molecule has 0 aliphatic heterocycles. The molecule has 1 aromatic heterocycles. The molecule has 1 heterocycles. The highest BCUT2D eigenvalue weighted by atomic mass is 32.2. The lowest BCUT2D eigenvalue weighted by molar-refractivity contribution is 0.637. The first-order valence-corrected chi connectivity index (χ1v) is 8.45. The van der Waals surface area contributed by atoms with Crippen LogP contribution >= 0.6 is 11.8 Å². The van der Waals surface area contributed by atoms with Crippen LogP contribution in [-0.4, -0.2) is 27.5 Å². The van der Waals surface area contributed by atoms with Crippen molar-refractivity contribution < 1.29 is 0 Å². The second kappa shape index (κ2) is 6.63. The number of rotatable bonds is 6. The standard InChI is InChI=1S/C14H25N5S/c1-10(2)11-12(17-9-18-13(11)19-15)16-8-14(20-3)6-4-5-7-14/h9-10H,4-8,15H2,1-3H3,(H2,16,17,18,19). The predicted molar refractivity (Wildman–Crippen MR) is 87.1 cm³/mol. The molecule has 0 spiro atoms. The molecular formula is C14H25N5S. The van der Waals surface area contributed by atoms with Gasteiger partial charge in [0.05, 0.1) is 0 Å². The van der Waals surface area contributed by atoms with E-state index in [2.05, 4.69) is 40.8 Å². The van der Waals surface area contributed by atoms with E-state index in [-0.39, 0.29) is 0 Å². The molecule has 0 bridgehead atoms. The van der Waals surface area contributed by atoms with Crippen LogP contribution in [0, 0.1) is 0 Å². The molecule has 0 atom stereocenters. The van der Waals surface area contributed by atoms with E-state index in [9.17, 15) is 0 Å². The zero-order valence-corrected chi connectivity index (χ0v) is 13.4. The highest BCUT2D eigenvalue weighted by Gasteiger charge is 2.33. The average Bonchev–Trinajstić information content (AvgIpc) is 2.93. The largest absolute Gasteiger partial charge is 0.368 e. The third kappa shape index (κ3) is 3.17. The van der Waals surface area contributed by atoms with Crippen LogP contribution in [0.2, 0.25) is 0 Å². The van der Waals surface area contributed by atoms with E-state index < -0.39 is 0 Å². The van der Waals surface area contributed by atoms with Crippen molar-refractivity contribution in [2.45, 2.75) is 50.2 Å². The summed E-state index contributed by atoms with van der Waals surface area (Å²) >= 11 is 1.98. The maximum absolute atomic E-state index is 5.56. The SMILES string of the molecule is CSC1(CNc2ncnc(NN)c2C(C)C)CCCC1. The molecule has 0 aromatic carbocycles. The van der Waals surface area contributed by atoms with Gasteiger partial charge in [0.1, 0.15) is 18.0 Å². The van der Waals surface area contributed by atoms with E-state index in [4.69, 9.17) is 5.84 Å². The zero-order valence-electron chi connectivity index (χ0n) is 12.6. The van der Waals surface area contributed by atoms with Crippen LogP contribution in [0.4, 0.5) is 11.6 Å². The Morgan fingerprint density at radius 1 is 1.30 bits per heavy atom. The topological polar surface area (TPSA) is 75.9 Å². The second-order valence-electron chi connectivity index (χ2n) is 5.73. The van der Waals surface area contributed by atoms with Crippen molar-refractivity contribution in [1.29, 1.82) is 0 Å². The Labute approximate surface area is 125 Å². The maximum Gasteiger partial charge on any atom is 0.148 e. The summed E-state index contributed by atoms with van der Waals surface area (Å²) in [7, 11) is 0. The Hall–Kier alpha value is -1.01. The summed E-state index contributed by atoms with van der Waals surface area (Å²) in [5.41, 5.74) is 3.73. The molecule has 1 saturated carbocycles. The van der Waals surface area contributed by atoms with Gasteiger partial charge in [-0.1, -0.05) is 26.7 Å². The summed E-state index contributed by atoms with van der Waals surface area (Å²) < 4.78 is 0.357. The number of nitrogens with one attached hydrogen (secondary N) is 2. The van der Waals surface area contributed by atoms with Crippen molar-refractivity contribution in [3.63, 3.8) is 0 Å². The second-order valence-corrected chi connectivity index (χ2v) is 7.01. The van der Waals surface area contributed by atoms with E-state index in [1.165, 1.54) is 25.7 Å². The molecule has 1 aromatic rings. The van der Waals surface area contributed by atoms with Crippen LogP contribution in [0.25, 0.3) is 0 Å². The Morgan fingerprint density at radius 3 is 2.50 bits per heavy atom. The normalized spacial score (nSPS) is 17.4. The van der Waals surface area contributed by atoms with Crippen molar-refractivity contribution in [3.8, 4) is 0 Å². The lowest BCUT2D eigenvalue weighted by Crippen LogP contribution is -2.31. The van der Waals surface area contributed by atoms with Crippen LogP contribution in [0.3, 0.4) is 0 Å². The summed E-state index contributed by atoms with van der Waals surface area (Å²) in [6, 6.07) is 0. The van der Waals surface area contributed by atoms with Crippen LogP contribution in [0.15, 0.2) is 6.33 Å². The summed E-state index contributed by atoms with van der Waals surface area (Å²) in [6.07, 6.45) is 9.00. The van der Waals surface area contributed by atoms with E-state index >= 15 is 0 Å². The Bertz CT molecular complexity index is 443. The third-order valence-corrected chi connectivity index (χ3v) is 5.54. The van der Waals surface area contributed by atoms with Gasteiger partial charge in [-0.25, -0.2) is 15.8 Å². The molecule has 6 heteroatoms. The minimum Gasteiger partial charge on any atom is -0.368 e. The van der Waals surface area contributed by atoms with E-state index in [0.29, 0.717) is 16.5 Å². The molecule has 0 saturated heterocycles. The molecule has 112 valence electrons.